The topological polar surface area (TPSA) is 46.5 Å². The van der Waals surface area contributed by atoms with Crippen LogP contribution in [0, 0.1) is 0 Å². The zero-order chi connectivity index (χ0) is 11.3. The van der Waals surface area contributed by atoms with Crippen molar-refractivity contribution in [2.75, 3.05) is 13.7 Å². The molecule has 0 saturated heterocycles. The van der Waals surface area contributed by atoms with Gasteiger partial charge in [-0.3, -0.25) is 4.79 Å². The normalized spacial score (nSPS) is 14.8. The van der Waals surface area contributed by atoms with Crippen molar-refractivity contribution in [2.45, 2.75) is 22.3 Å². The van der Waals surface area contributed by atoms with Gasteiger partial charge in [-0.2, -0.15) is 0 Å². The fourth-order valence-electron chi connectivity index (χ4n) is 1.04. The summed E-state index contributed by atoms with van der Waals surface area (Å²) in [6.07, 6.45) is 0.501. The molecule has 0 amide bonds. The summed E-state index contributed by atoms with van der Waals surface area (Å²) in [4.78, 5) is 11.2. The average molecular weight is 246 g/mol. The Kier molecular flexibility index (Phi) is 4.63. The van der Waals surface area contributed by atoms with Crippen LogP contribution in [0.2, 0.25) is 0 Å². The Labute approximate surface area is 97.5 Å². The third-order valence-corrected chi connectivity index (χ3v) is 4.42. The summed E-state index contributed by atoms with van der Waals surface area (Å²) in [5.41, 5.74) is 0. The van der Waals surface area contributed by atoms with Crippen molar-refractivity contribution in [2.24, 2.45) is 0 Å². The number of carboxylic acids is 1. The van der Waals surface area contributed by atoms with Gasteiger partial charge in [0.1, 0.15) is 4.75 Å². The number of rotatable bonds is 6. The minimum atomic E-state index is -0.805. The van der Waals surface area contributed by atoms with Crippen LogP contribution in [-0.2, 0) is 9.53 Å². The second-order valence-electron chi connectivity index (χ2n) is 3.31. The van der Waals surface area contributed by atoms with Gasteiger partial charge >= 0.3 is 5.97 Å². The van der Waals surface area contributed by atoms with Crippen LogP contribution >= 0.6 is 23.1 Å². The van der Waals surface area contributed by atoms with E-state index in [0.29, 0.717) is 13.0 Å². The Hall–Kier alpha value is -0.520. The van der Waals surface area contributed by atoms with Gasteiger partial charge in [0.2, 0.25) is 0 Å². The number of thiophene rings is 1. The number of carboxylic acid groups (broad SMARTS) is 1. The SMILES string of the molecule is COCCC(C)(Sc1cccs1)C(=O)O. The molecule has 0 fully saturated rings. The number of ether oxygens (including phenoxy) is 1. The van der Waals surface area contributed by atoms with E-state index in [0.717, 1.165) is 4.21 Å². The molecule has 84 valence electrons. The highest BCUT2D eigenvalue weighted by Gasteiger charge is 2.34. The molecule has 15 heavy (non-hydrogen) atoms. The van der Waals surface area contributed by atoms with Crippen molar-refractivity contribution >= 4 is 29.1 Å². The van der Waals surface area contributed by atoms with Crippen molar-refractivity contribution < 1.29 is 14.6 Å². The van der Waals surface area contributed by atoms with Crippen molar-refractivity contribution in [3.05, 3.63) is 17.5 Å². The quantitative estimate of drug-likeness (QED) is 0.784. The molecule has 1 heterocycles. The lowest BCUT2D eigenvalue weighted by Crippen LogP contribution is -2.32. The largest absolute Gasteiger partial charge is 0.480 e. The molecule has 1 aromatic heterocycles. The maximum absolute atomic E-state index is 11.2. The maximum Gasteiger partial charge on any atom is 0.319 e. The van der Waals surface area contributed by atoms with E-state index in [1.54, 1.807) is 25.4 Å². The van der Waals surface area contributed by atoms with E-state index in [2.05, 4.69) is 0 Å². The summed E-state index contributed by atoms with van der Waals surface area (Å²) < 4.78 is 5.15. The fraction of sp³-hybridized carbons (Fsp3) is 0.500. The van der Waals surface area contributed by atoms with Gasteiger partial charge in [0, 0.05) is 13.7 Å². The molecular formula is C10H14O3S2. The molecule has 0 aromatic carbocycles. The predicted molar refractivity (Wildman–Crippen MR) is 62.7 cm³/mol. The van der Waals surface area contributed by atoms with Crippen LogP contribution in [0.15, 0.2) is 21.7 Å². The molecule has 3 nitrogen and oxygen atoms in total. The second kappa shape index (κ2) is 5.53. The predicted octanol–water partition coefficient (Wildman–Crippen LogP) is 2.72. The highest BCUT2D eigenvalue weighted by molar-refractivity contribution is 8.03. The van der Waals surface area contributed by atoms with Crippen LogP contribution in [0.5, 0.6) is 0 Å². The Balaban J connectivity index is 2.68. The molecule has 0 spiro atoms. The van der Waals surface area contributed by atoms with E-state index in [9.17, 15) is 9.90 Å². The molecule has 1 N–H and O–H groups in total. The van der Waals surface area contributed by atoms with Gasteiger partial charge in [0.25, 0.3) is 0 Å². The van der Waals surface area contributed by atoms with Crippen LogP contribution in [0.4, 0.5) is 0 Å². The number of hydrogen-bond donors (Lipinski definition) is 1. The first-order chi connectivity index (χ1) is 7.08. The lowest BCUT2D eigenvalue weighted by atomic mass is 10.1. The van der Waals surface area contributed by atoms with Crippen LogP contribution in [-0.4, -0.2) is 29.5 Å². The summed E-state index contributed by atoms with van der Waals surface area (Å²) in [7, 11) is 1.58. The van der Waals surface area contributed by atoms with Gasteiger partial charge in [-0.15, -0.1) is 11.3 Å². The van der Waals surface area contributed by atoms with Gasteiger partial charge in [0.15, 0.2) is 0 Å². The van der Waals surface area contributed by atoms with Crippen molar-refractivity contribution in [1.29, 1.82) is 0 Å². The first kappa shape index (κ1) is 12.5. The van der Waals surface area contributed by atoms with Crippen LogP contribution in [0.25, 0.3) is 0 Å². The molecule has 1 atom stereocenters. The van der Waals surface area contributed by atoms with Crippen molar-refractivity contribution in [3.8, 4) is 0 Å². The lowest BCUT2D eigenvalue weighted by Gasteiger charge is -2.22. The third kappa shape index (κ3) is 3.52. The molecule has 0 aliphatic carbocycles. The first-order valence-corrected chi connectivity index (χ1v) is 6.23. The van der Waals surface area contributed by atoms with Gasteiger partial charge < -0.3 is 9.84 Å². The zero-order valence-electron chi connectivity index (χ0n) is 8.73. The van der Waals surface area contributed by atoms with E-state index in [1.165, 1.54) is 11.8 Å². The molecule has 0 radical (unpaired) electrons. The molecule has 1 aromatic rings. The minimum Gasteiger partial charge on any atom is -0.480 e. The van der Waals surface area contributed by atoms with Gasteiger partial charge in [-0.05, 0) is 24.8 Å². The molecule has 1 unspecified atom stereocenters. The third-order valence-electron chi connectivity index (χ3n) is 2.06. The first-order valence-electron chi connectivity index (χ1n) is 4.53. The highest BCUT2D eigenvalue weighted by atomic mass is 32.2. The van der Waals surface area contributed by atoms with E-state index in [4.69, 9.17) is 4.74 Å². The summed E-state index contributed by atoms with van der Waals surface area (Å²) >= 11 is 2.94. The Morgan fingerprint density at radius 2 is 2.47 bits per heavy atom. The van der Waals surface area contributed by atoms with Crippen molar-refractivity contribution in [3.63, 3.8) is 0 Å². The number of methoxy groups -OCH3 is 1. The highest BCUT2D eigenvalue weighted by Crippen LogP contribution is 2.38. The zero-order valence-corrected chi connectivity index (χ0v) is 10.4. The van der Waals surface area contributed by atoms with E-state index < -0.39 is 10.7 Å². The van der Waals surface area contributed by atoms with E-state index in [1.807, 2.05) is 17.5 Å². The Morgan fingerprint density at radius 3 is 2.93 bits per heavy atom. The smallest absolute Gasteiger partial charge is 0.319 e. The summed E-state index contributed by atoms with van der Waals surface area (Å²) in [6.45, 7) is 2.19. The van der Waals surface area contributed by atoms with Gasteiger partial charge in [0.05, 0.1) is 4.21 Å². The number of carbonyl (C=O) groups is 1. The average Bonchev–Trinajstić information content (AvgIpc) is 2.67. The van der Waals surface area contributed by atoms with E-state index in [-0.39, 0.29) is 0 Å². The molecule has 0 aliphatic heterocycles. The molecule has 1 rings (SSSR count). The summed E-state index contributed by atoms with van der Waals surface area (Å²) in [5, 5.41) is 11.1. The molecule has 5 heteroatoms. The van der Waals surface area contributed by atoms with Crippen LogP contribution < -0.4 is 0 Å². The second-order valence-corrected chi connectivity index (χ2v) is 6.06. The van der Waals surface area contributed by atoms with Gasteiger partial charge in [-0.25, -0.2) is 0 Å². The van der Waals surface area contributed by atoms with Crippen molar-refractivity contribution in [1.82, 2.24) is 0 Å². The monoisotopic (exact) mass is 246 g/mol. The van der Waals surface area contributed by atoms with Crippen LogP contribution in [0.3, 0.4) is 0 Å². The molecule has 0 bridgehead atoms. The summed E-state index contributed by atoms with van der Waals surface area (Å²) in [6, 6.07) is 3.86. The Morgan fingerprint density at radius 1 is 1.73 bits per heavy atom. The van der Waals surface area contributed by atoms with E-state index >= 15 is 0 Å². The molecule has 0 saturated carbocycles. The lowest BCUT2D eigenvalue weighted by molar-refractivity contribution is -0.139. The fourth-order valence-corrected chi connectivity index (χ4v) is 3.26. The number of thioether (sulfide) groups is 1. The number of hydrogen-bond acceptors (Lipinski definition) is 4. The Bertz CT molecular complexity index is 310. The molecule has 0 aliphatic rings. The minimum absolute atomic E-state index is 0.459. The number of aliphatic carboxylic acids is 1. The molecular weight excluding hydrogens is 232 g/mol. The summed E-state index contributed by atoms with van der Waals surface area (Å²) in [5.74, 6) is -0.794. The standard InChI is InChI=1S/C10H14O3S2/c1-10(9(11)12,5-6-13-2)15-8-4-3-7-14-8/h3-4,7H,5-6H2,1-2H3,(H,11,12). The maximum atomic E-state index is 11.2. The van der Waals surface area contributed by atoms with Gasteiger partial charge in [-0.1, -0.05) is 17.8 Å². The van der Waals surface area contributed by atoms with Crippen LogP contribution in [0.1, 0.15) is 13.3 Å².